The highest BCUT2D eigenvalue weighted by Crippen LogP contribution is 2.46. The van der Waals surface area contributed by atoms with Crippen LogP contribution < -0.4 is 4.74 Å². The number of aryl methyl sites for hydroxylation is 2. The van der Waals surface area contributed by atoms with Crippen LogP contribution in [-0.2, 0) is 25.7 Å². The third-order valence-corrected chi connectivity index (χ3v) is 6.44. The third kappa shape index (κ3) is 4.66. The van der Waals surface area contributed by atoms with Gasteiger partial charge in [-0.3, -0.25) is 4.99 Å². The van der Waals surface area contributed by atoms with Gasteiger partial charge in [-0.25, -0.2) is 0 Å². The zero-order chi connectivity index (χ0) is 22.3. The van der Waals surface area contributed by atoms with Gasteiger partial charge in [0.15, 0.2) is 0 Å². The molecule has 32 heavy (non-hydrogen) atoms. The Morgan fingerprint density at radius 3 is 2.16 bits per heavy atom. The second kappa shape index (κ2) is 10.6. The van der Waals surface area contributed by atoms with E-state index in [1.54, 1.807) is 14.0 Å². The standard InChI is InChI=1S/C26H28N2O.C2H6O/c1-29-24-15-13-19-8-3-5-11-22(19)26(24)25-21-10-4-2-7-18(21)12-14-23(25)28-17-20-9-6-16-27-20;1-2-3/h6,9,12-17,27H,2-5,7-8,10-11H2,1H3;3H,2H2,1H3. The molecule has 2 aliphatic carbocycles. The van der Waals surface area contributed by atoms with Crippen LogP contribution in [0.4, 0.5) is 5.69 Å². The SMILES string of the molecule is CCO.COc1ccc2c(c1-c1c(N=Cc3ccc[nH]3)ccc3c1CCCC3)CCCC2. The van der Waals surface area contributed by atoms with E-state index in [1.807, 2.05) is 24.5 Å². The monoisotopic (exact) mass is 430 g/mol. The zero-order valence-corrected chi connectivity index (χ0v) is 19.3. The first-order valence-corrected chi connectivity index (χ1v) is 11.9. The molecule has 0 atom stereocenters. The van der Waals surface area contributed by atoms with E-state index in [9.17, 15) is 0 Å². The molecule has 5 rings (SSSR count). The highest BCUT2D eigenvalue weighted by Gasteiger charge is 2.25. The summed E-state index contributed by atoms with van der Waals surface area (Å²) in [5.74, 6) is 0.987. The molecule has 0 saturated carbocycles. The van der Waals surface area contributed by atoms with Gasteiger partial charge in [-0.15, -0.1) is 0 Å². The number of fused-ring (bicyclic) bond motifs is 2. The van der Waals surface area contributed by atoms with Gasteiger partial charge in [-0.2, -0.15) is 0 Å². The summed E-state index contributed by atoms with van der Waals surface area (Å²) >= 11 is 0. The van der Waals surface area contributed by atoms with Gasteiger partial charge in [-0.05, 0) is 105 Å². The van der Waals surface area contributed by atoms with Crippen LogP contribution in [0.5, 0.6) is 5.75 Å². The number of benzene rings is 2. The van der Waals surface area contributed by atoms with Crippen LogP contribution >= 0.6 is 0 Å². The number of H-pyrrole nitrogens is 1. The summed E-state index contributed by atoms with van der Waals surface area (Å²) in [5.41, 5.74) is 10.6. The van der Waals surface area contributed by atoms with E-state index in [0.29, 0.717) is 0 Å². The van der Waals surface area contributed by atoms with Crippen molar-refractivity contribution in [2.45, 2.75) is 58.3 Å². The summed E-state index contributed by atoms with van der Waals surface area (Å²) in [6.45, 7) is 1.93. The van der Waals surface area contributed by atoms with Gasteiger partial charge in [0, 0.05) is 23.9 Å². The molecule has 4 heteroatoms. The largest absolute Gasteiger partial charge is 0.496 e. The van der Waals surface area contributed by atoms with Gasteiger partial charge in [0.1, 0.15) is 5.75 Å². The lowest BCUT2D eigenvalue weighted by atomic mass is 9.80. The number of aliphatic hydroxyl groups excluding tert-OH is 1. The maximum absolute atomic E-state index is 7.57. The average Bonchev–Trinajstić information content (AvgIpc) is 3.36. The van der Waals surface area contributed by atoms with Gasteiger partial charge < -0.3 is 14.8 Å². The predicted octanol–water partition coefficient (Wildman–Crippen LogP) is 6.20. The Morgan fingerprint density at radius 2 is 1.53 bits per heavy atom. The first-order valence-electron chi connectivity index (χ1n) is 11.9. The first-order chi connectivity index (χ1) is 15.8. The van der Waals surface area contributed by atoms with Gasteiger partial charge >= 0.3 is 0 Å². The average molecular weight is 431 g/mol. The third-order valence-electron chi connectivity index (χ3n) is 6.44. The summed E-state index contributed by atoms with van der Waals surface area (Å²) < 4.78 is 5.90. The van der Waals surface area contributed by atoms with Crippen molar-refractivity contribution in [3.8, 4) is 16.9 Å². The summed E-state index contributed by atoms with van der Waals surface area (Å²) in [7, 11) is 1.80. The molecular weight excluding hydrogens is 396 g/mol. The number of nitrogens with one attached hydrogen (secondary N) is 1. The number of aliphatic hydroxyl groups is 1. The molecule has 2 N–H and O–H groups in total. The van der Waals surface area contributed by atoms with Crippen LogP contribution in [0, 0.1) is 0 Å². The van der Waals surface area contributed by atoms with Crippen LogP contribution in [0.3, 0.4) is 0 Å². The van der Waals surface area contributed by atoms with E-state index in [1.165, 1.54) is 71.9 Å². The number of aromatic nitrogens is 1. The number of rotatable bonds is 4. The molecular formula is C28H34N2O2. The molecule has 0 saturated heterocycles. The molecule has 0 unspecified atom stereocenters. The first kappa shape index (κ1) is 22.3. The lowest BCUT2D eigenvalue weighted by Gasteiger charge is -2.27. The minimum atomic E-state index is 0.250. The normalized spacial score (nSPS) is 15.0. The van der Waals surface area contributed by atoms with Crippen LogP contribution in [0.2, 0.25) is 0 Å². The van der Waals surface area contributed by atoms with E-state index in [2.05, 4.69) is 29.2 Å². The number of methoxy groups -OCH3 is 1. The molecule has 4 nitrogen and oxygen atoms in total. The van der Waals surface area contributed by atoms with Crippen molar-refractivity contribution < 1.29 is 9.84 Å². The molecule has 0 amide bonds. The summed E-state index contributed by atoms with van der Waals surface area (Å²) in [6, 6.07) is 13.0. The summed E-state index contributed by atoms with van der Waals surface area (Å²) in [6.07, 6.45) is 13.5. The van der Waals surface area contributed by atoms with Crippen LogP contribution in [0.1, 0.15) is 60.6 Å². The van der Waals surface area contributed by atoms with Gasteiger partial charge in [0.25, 0.3) is 0 Å². The summed E-state index contributed by atoms with van der Waals surface area (Å²) in [4.78, 5) is 8.17. The molecule has 1 heterocycles. The number of ether oxygens (including phenoxy) is 1. The zero-order valence-electron chi connectivity index (χ0n) is 19.3. The molecule has 0 fully saturated rings. The fourth-order valence-electron chi connectivity index (χ4n) is 5.02. The lowest BCUT2D eigenvalue weighted by Crippen LogP contribution is -2.09. The fourth-order valence-corrected chi connectivity index (χ4v) is 5.02. The number of aromatic amines is 1. The summed E-state index contributed by atoms with van der Waals surface area (Å²) in [5, 5.41) is 7.57. The van der Waals surface area contributed by atoms with Crippen LogP contribution in [0.25, 0.3) is 11.1 Å². The molecule has 168 valence electrons. The van der Waals surface area contributed by atoms with Crippen molar-refractivity contribution in [3.05, 3.63) is 70.5 Å². The second-order valence-electron chi connectivity index (χ2n) is 8.49. The van der Waals surface area contributed by atoms with Crippen molar-refractivity contribution in [2.24, 2.45) is 4.99 Å². The molecule has 2 aliphatic rings. The predicted molar refractivity (Wildman–Crippen MR) is 133 cm³/mol. The quantitative estimate of drug-likeness (QED) is 0.484. The van der Waals surface area contributed by atoms with Crippen molar-refractivity contribution in [1.29, 1.82) is 0 Å². The number of hydrogen-bond acceptors (Lipinski definition) is 3. The maximum Gasteiger partial charge on any atom is 0.127 e. The highest BCUT2D eigenvalue weighted by atomic mass is 16.5. The highest BCUT2D eigenvalue weighted by molar-refractivity contribution is 5.90. The second-order valence-corrected chi connectivity index (χ2v) is 8.49. The molecule has 0 spiro atoms. The van der Waals surface area contributed by atoms with Crippen molar-refractivity contribution in [2.75, 3.05) is 13.7 Å². The van der Waals surface area contributed by atoms with Crippen molar-refractivity contribution in [1.82, 2.24) is 4.98 Å². The van der Waals surface area contributed by atoms with Crippen LogP contribution in [0.15, 0.2) is 47.6 Å². The molecule has 0 bridgehead atoms. The number of hydrogen-bond donors (Lipinski definition) is 2. The minimum absolute atomic E-state index is 0.250. The van der Waals surface area contributed by atoms with E-state index in [-0.39, 0.29) is 6.61 Å². The number of aliphatic imine (C=N–C) groups is 1. The van der Waals surface area contributed by atoms with E-state index >= 15 is 0 Å². The Hall–Kier alpha value is -2.85. The number of nitrogens with zero attached hydrogens (tertiary/aromatic N) is 1. The Labute approximate surface area is 191 Å². The van der Waals surface area contributed by atoms with E-state index in [4.69, 9.17) is 14.8 Å². The van der Waals surface area contributed by atoms with Gasteiger partial charge in [0.2, 0.25) is 0 Å². The van der Waals surface area contributed by atoms with Crippen molar-refractivity contribution >= 4 is 11.9 Å². The molecule has 0 aliphatic heterocycles. The minimum Gasteiger partial charge on any atom is -0.496 e. The molecule has 1 aromatic heterocycles. The van der Waals surface area contributed by atoms with Crippen molar-refractivity contribution in [3.63, 3.8) is 0 Å². The Kier molecular flexibility index (Phi) is 7.43. The van der Waals surface area contributed by atoms with E-state index in [0.717, 1.165) is 30.0 Å². The van der Waals surface area contributed by atoms with Gasteiger partial charge in [0.05, 0.1) is 24.7 Å². The van der Waals surface area contributed by atoms with Crippen LogP contribution in [-0.4, -0.2) is 30.0 Å². The fraction of sp³-hybridized carbons (Fsp3) is 0.393. The Balaban J connectivity index is 0.000000775. The Bertz CT molecular complexity index is 1070. The molecule has 0 radical (unpaired) electrons. The van der Waals surface area contributed by atoms with Gasteiger partial charge in [-0.1, -0.05) is 12.1 Å². The topological polar surface area (TPSA) is 57.6 Å². The smallest absolute Gasteiger partial charge is 0.127 e. The maximum atomic E-state index is 7.57. The molecule has 3 aromatic rings. The molecule has 2 aromatic carbocycles. The van der Waals surface area contributed by atoms with E-state index < -0.39 is 0 Å². The lowest BCUT2D eigenvalue weighted by molar-refractivity contribution is 0.318. The Morgan fingerprint density at radius 1 is 0.906 bits per heavy atom.